The van der Waals surface area contributed by atoms with E-state index in [0.717, 1.165) is 38.5 Å². The third-order valence-electron chi connectivity index (χ3n) is 4.44. The van der Waals surface area contributed by atoms with Crippen LogP contribution in [-0.4, -0.2) is 0 Å². The van der Waals surface area contributed by atoms with Crippen molar-refractivity contribution in [1.82, 2.24) is 0 Å². The average Bonchev–Trinajstić information content (AvgIpc) is 2.54. The van der Waals surface area contributed by atoms with Gasteiger partial charge in [0.2, 0.25) is 0 Å². The van der Waals surface area contributed by atoms with E-state index in [1.807, 2.05) is 6.92 Å². The maximum atomic E-state index is 14.1. The van der Waals surface area contributed by atoms with Crippen LogP contribution in [0.5, 0.6) is 0 Å². The average molecular weight is 320 g/mol. The molecule has 1 aliphatic carbocycles. The molecule has 0 aliphatic heterocycles. The molecule has 0 saturated heterocycles. The summed E-state index contributed by atoms with van der Waals surface area (Å²) in [6.45, 7) is 2.05. The highest BCUT2D eigenvalue weighted by molar-refractivity contribution is 5.39. The second-order valence-electron chi connectivity index (χ2n) is 6.24. The molecule has 0 amide bonds. The number of aryl methyl sites for hydroxylation is 1. The van der Waals surface area contributed by atoms with Gasteiger partial charge in [0.1, 0.15) is 11.6 Å². The lowest BCUT2D eigenvalue weighted by atomic mass is 9.82. The maximum absolute atomic E-state index is 14.1. The SMILES string of the molecule is CCCCc1cc(F)c(C#CC2CCC(C=CF)CC2)c(F)c1. The minimum absolute atomic E-state index is 0.129. The van der Waals surface area contributed by atoms with E-state index in [9.17, 15) is 13.2 Å². The Hall–Kier alpha value is -1.69. The lowest BCUT2D eigenvalue weighted by molar-refractivity contribution is 0.362. The Bertz CT molecular complexity index is 576. The van der Waals surface area contributed by atoms with Crippen LogP contribution in [-0.2, 0) is 6.42 Å². The zero-order chi connectivity index (χ0) is 16.7. The highest BCUT2D eigenvalue weighted by Crippen LogP contribution is 2.29. The van der Waals surface area contributed by atoms with Crippen molar-refractivity contribution < 1.29 is 13.2 Å². The number of benzene rings is 1. The molecule has 1 saturated carbocycles. The Morgan fingerprint density at radius 3 is 2.35 bits per heavy atom. The van der Waals surface area contributed by atoms with Crippen molar-refractivity contribution in [3.63, 3.8) is 0 Å². The van der Waals surface area contributed by atoms with E-state index >= 15 is 0 Å². The van der Waals surface area contributed by atoms with Crippen LogP contribution in [0.15, 0.2) is 24.5 Å². The standard InChI is InChI=1S/C20H23F3/c1-2-3-4-17-13-19(22)18(20(23)14-17)10-9-15-5-7-16(8-6-15)11-12-21/h11-16H,2-8H2,1H3. The van der Waals surface area contributed by atoms with Crippen LogP contribution in [0, 0.1) is 35.3 Å². The summed E-state index contributed by atoms with van der Waals surface area (Å²) in [6, 6.07) is 2.79. The summed E-state index contributed by atoms with van der Waals surface area (Å²) >= 11 is 0. The molecule has 0 spiro atoms. The van der Waals surface area contributed by atoms with Gasteiger partial charge in [-0.15, -0.1) is 0 Å². The van der Waals surface area contributed by atoms with Crippen LogP contribution in [0.1, 0.15) is 56.6 Å². The quantitative estimate of drug-likeness (QED) is 0.601. The third-order valence-corrected chi connectivity index (χ3v) is 4.44. The third kappa shape index (κ3) is 5.16. The van der Waals surface area contributed by atoms with Crippen molar-refractivity contribution in [3.8, 4) is 11.8 Å². The number of allylic oxidation sites excluding steroid dienone is 1. The minimum atomic E-state index is -0.572. The highest BCUT2D eigenvalue weighted by atomic mass is 19.1. The van der Waals surface area contributed by atoms with E-state index in [4.69, 9.17) is 0 Å². The molecule has 0 heterocycles. The first-order chi connectivity index (χ1) is 11.1. The molecular weight excluding hydrogens is 297 g/mol. The van der Waals surface area contributed by atoms with Crippen molar-refractivity contribution >= 4 is 0 Å². The molecule has 23 heavy (non-hydrogen) atoms. The Kier molecular flexibility index (Phi) is 6.77. The molecule has 0 aromatic heterocycles. The molecule has 3 heteroatoms. The van der Waals surface area contributed by atoms with Crippen LogP contribution >= 0.6 is 0 Å². The van der Waals surface area contributed by atoms with Gasteiger partial charge in [-0.05, 0) is 62.1 Å². The summed E-state index contributed by atoms with van der Waals surface area (Å²) in [5.41, 5.74) is 0.557. The van der Waals surface area contributed by atoms with E-state index < -0.39 is 11.6 Å². The van der Waals surface area contributed by atoms with Gasteiger partial charge in [0.15, 0.2) is 0 Å². The fourth-order valence-corrected chi connectivity index (χ4v) is 3.00. The zero-order valence-electron chi connectivity index (χ0n) is 13.5. The predicted molar refractivity (Wildman–Crippen MR) is 87.5 cm³/mol. The van der Waals surface area contributed by atoms with Crippen LogP contribution < -0.4 is 0 Å². The monoisotopic (exact) mass is 320 g/mol. The van der Waals surface area contributed by atoms with Gasteiger partial charge in [-0.1, -0.05) is 31.3 Å². The van der Waals surface area contributed by atoms with E-state index in [1.165, 1.54) is 12.1 Å². The highest BCUT2D eigenvalue weighted by Gasteiger charge is 2.18. The number of unbranched alkanes of at least 4 members (excludes halogenated alkanes) is 1. The Morgan fingerprint density at radius 1 is 1.13 bits per heavy atom. The van der Waals surface area contributed by atoms with Gasteiger partial charge in [0.05, 0.1) is 11.9 Å². The maximum Gasteiger partial charge on any atom is 0.142 e. The number of halogens is 3. The van der Waals surface area contributed by atoms with E-state index in [2.05, 4.69) is 11.8 Å². The van der Waals surface area contributed by atoms with Gasteiger partial charge in [-0.2, -0.15) is 0 Å². The molecule has 1 aliphatic rings. The molecule has 0 bridgehead atoms. The van der Waals surface area contributed by atoms with Gasteiger partial charge < -0.3 is 0 Å². The van der Waals surface area contributed by atoms with Gasteiger partial charge >= 0.3 is 0 Å². The summed E-state index contributed by atoms with van der Waals surface area (Å²) in [7, 11) is 0. The molecule has 1 aromatic rings. The van der Waals surface area contributed by atoms with Gasteiger partial charge in [-0.3, -0.25) is 0 Å². The Labute approximate surface area is 136 Å². The molecule has 0 radical (unpaired) electrons. The molecule has 0 atom stereocenters. The van der Waals surface area contributed by atoms with E-state index in [1.54, 1.807) is 6.08 Å². The minimum Gasteiger partial charge on any atom is -0.216 e. The van der Waals surface area contributed by atoms with Crippen molar-refractivity contribution in [3.05, 3.63) is 47.3 Å². The van der Waals surface area contributed by atoms with Crippen molar-refractivity contribution in [2.24, 2.45) is 11.8 Å². The normalized spacial score (nSPS) is 21.2. The zero-order valence-corrected chi connectivity index (χ0v) is 13.5. The lowest BCUT2D eigenvalue weighted by Crippen LogP contribution is -2.11. The van der Waals surface area contributed by atoms with E-state index in [-0.39, 0.29) is 17.4 Å². The largest absolute Gasteiger partial charge is 0.216 e. The summed E-state index contributed by atoms with van der Waals surface area (Å²) in [5.74, 6) is 4.95. The topological polar surface area (TPSA) is 0 Å². The summed E-state index contributed by atoms with van der Waals surface area (Å²) in [5, 5.41) is 0. The molecule has 2 rings (SSSR count). The molecular formula is C20H23F3. The van der Waals surface area contributed by atoms with Gasteiger partial charge in [0.25, 0.3) is 0 Å². The van der Waals surface area contributed by atoms with Crippen molar-refractivity contribution in [1.29, 1.82) is 0 Å². The fraction of sp³-hybridized carbons (Fsp3) is 0.500. The van der Waals surface area contributed by atoms with Gasteiger partial charge in [0, 0.05) is 5.92 Å². The van der Waals surface area contributed by atoms with Crippen LogP contribution in [0.25, 0.3) is 0 Å². The molecule has 1 fully saturated rings. The first-order valence-corrected chi connectivity index (χ1v) is 8.40. The second-order valence-corrected chi connectivity index (χ2v) is 6.24. The van der Waals surface area contributed by atoms with Crippen LogP contribution in [0.4, 0.5) is 13.2 Å². The molecule has 0 N–H and O–H groups in total. The van der Waals surface area contributed by atoms with Crippen molar-refractivity contribution in [2.75, 3.05) is 0 Å². The van der Waals surface area contributed by atoms with Crippen LogP contribution in [0.2, 0.25) is 0 Å². The Balaban J connectivity index is 2.04. The second kappa shape index (κ2) is 8.82. The predicted octanol–water partition coefficient (Wildman–Crippen LogP) is 5.95. The van der Waals surface area contributed by atoms with Crippen molar-refractivity contribution in [2.45, 2.75) is 51.9 Å². The molecule has 1 aromatic carbocycles. The molecule has 124 valence electrons. The summed E-state index contributed by atoms with van der Waals surface area (Å²) in [4.78, 5) is 0. The Morgan fingerprint density at radius 2 is 1.78 bits per heavy atom. The molecule has 0 unspecified atom stereocenters. The van der Waals surface area contributed by atoms with E-state index in [0.29, 0.717) is 18.3 Å². The molecule has 0 nitrogen and oxygen atoms in total. The number of rotatable bonds is 4. The lowest BCUT2D eigenvalue weighted by Gasteiger charge is -2.22. The van der Waals surface area contributed by atoms with Gasteiger partial charge in [-0.25, -0.2) is 13.2 Å². The number of hydrogen-bond acceptors (Lipinski definition) is 0. The first kappa shape index (κ1) is 17.7. The number of hydrogen-bond donors (Lipinski definition) is 0. The summed E-state index contributed by atoms with van der Waals surface area (Å²) in [6.07, 6.45) is 8.22. The summed E-state index contributed by atoms with van der Waals surface area (Å²) < 4.78 is 40.3. The fourth-order valence-electron chi connectivity index (χ4n) is 3.00. The van der Waals surface area contributed by atoms with Crippen LogP contribution in [0.3, 0.4) is 0 Å². The smallest absolute Gasteiger partial charge is 0.142 e. The first-order valence-electron chi connectivity index (χ1n) is 8.40.